The molecule has 1 aliphatic carbocycles. The van der Waals surface area contributed by atoms with Crippen molar-refractivity contribution in [1.29, 1.82) is 0 Å². The lowest BCUT2D eigenvalue weighted by Crippen LogP contribution is -2.39. The van der Waals surface area contributed by atoms with Gasteiger partial charge in [0.2, 0.25) is 5.76 Å². The van der Waals surface area contributed by atoms with E-state index in [1.807, 2.05) is 18.0 Å². The van der Waals surface area contributed by atoms with E-state index in [4.69, 9.17) is 14.5 Å². The minimum Gasteiger partial charge on any atom is -0.373 e. The molecule has 172 valence electrons. The van der Waals surface area contributed by atoms with Crippen molar-refractivity contribution in [3.63, 3.8) is 0 Å². The van der Waals surface area contributed by atoms with Crippen LogP contribution in [0.3, 0.4) is 0 Å². The Kier molecular flexibility index (Phi) is 6.13. The minimum absolute atomic E-state index is 0.0595. The quantitative estimate of drug-likeness (QED) is 0.781. The highest BCUT2D eigenvalue weighted by Crippen LogP contribution is 2.33. The second-order valence-corrected chi connectivity index (χ2v) is 9.63. The van der Waals surface area contributed by atoms with E-state index in [2.05, 4.69) is 22.4 Å². The number of carbonyl (C=O) groups excluding carboxylic acids is 1. The maximum atomic E-state index is 13.2. The second-order valence-electron chi connectivity index (χ2n) is 9.63. The molecule has 1 saturated heterocycles. The van der Waals surface area contributed by atoms with Crippen LogP contribution in [0.5, 0.6) is 0 Å². The number of carbonyl (C=O) groups is 1. The molecule has 0 spiro atoms. The fourth-order valence-electron chi connectivity index (χ4n) is 5.48. The minimum atomic E-state index is -0.0595. The Labute approximate surface area is 189 Å². The van der Waals surface area contributed by atoms with E-state index < -0.39 is 0 Å². The first kappa shape index (κ1) is 21.4. The Morgan fingerprint density at radius 2 is 1.91 bits per heavy atom. The Morgan fingerprint density at radius 1 is 1.09 bits per heavy atom. The summed E-state index contributed by atoms with van der Waals surface area (Å²) in [6.07, 6.45) is 8.95. The summed E-state index contributed by atoms with van der Waals surface area (Å²) >= 11 is 0. The molecular formula is C24H34N6O2. The van der Waals surface area contributed by atoms with E-state index in [1.165, 1.54) is 24.8 Å². The van der Waals surface area contributed by atoms with Crippen molar-refractivity contribution in [3.8, 4) is 0 Å². The van der Waals surface area contributed by atoms with E-state index in [9.17, 15) is 4.79 Å². The topological polar surface area (TPSA) is 87.4 Å². The zero-order chi connectivity index (χ0) is 22.1. The van der Waals surface area contributed by atoms with Gasteiger partial charge in [-0.3, -0.25) is 4.79 Å². The standard InChI is InChI=1S/C24H34N6O2/c1-25-23-18-10-12-29(2)15-20(18)26-22(27-23)17-9-6-11-30(14-17)24(31)21-13-19(28-32-21)16-7-4-3-5-8-16/h13,16-17H,3-12,14-15H2,1-2H3,(H,25,26,27)/t17-/m0/s1. The summed E-state index contributed by atoms with van der Waals surface area (Å²) in [7, 11) is 4.05. The number of rotatable bonds is 4. The first-order valence-corrected chi connectivity index (χ1v) is 12.1. The van der Waals surface area contributed by atoms with E-state index in [0.717, 1.165) is 74.8 Å². The summed E-state index contributed by atoms with van der Waals surface area (Å²) in [5.74, 6) is 2.67. The number of likely N-dealkylation sites (N-methyl/N-ethyl adjacent to an activating group) is 1. The van der Waals surface area contributed by atoms with Crippen LogP contribution in [0.1, 0.15) is 90.1 Å². The first-order chi connectivity index (χ1) is 15.6. The van der Waals surface area contributed by atoms with Crippen LogP contribution >= 0.6 is 0 Å². The van der Waals surface area contributed by atoms with Crippen LogP contribution in [-0.2, 0) is 13.0 Å². The number of fused-ring (bicyclic) bond motifs is 1. The average Bonchev–Trinajstić information content (AvgIpc) is 3.33. The van der Waals surface area contributed by atoms with E-state index in [-0.39, 0.29) is 11.8 Å². The van der Waals surface area contributed by atoms with Crippen molar-refractivity contribution in [3.05, 3.63) is 34.6 Å². The van der Waals surface area contributed by atoms with Crippen molar-refractivity contribution in [2.75, 3.05) is 39.0 Å². The summed E-state index contributed by atoms with van der Waals surface area (Å²) in [5.41, 5.74) is 3.29. The molecule has 2 aromatic rings. The normalized spacial score (nSPS) is 22.6. The Bertz CT molecular complexity index is 967. The number of amides is 1. The fraction of sp³-hybridized carbons (Fsp3) is 0.667. The predicted octanol–water partition coefficient (Wildman–Crippen LogP) is 3.56. The first-order valence-electron chi connectivity index (χ1n) is 12.1. The van der Waals surface area contributed by atoms with Gasteiger partial charge in [0, 0.05) is 56.7 Å². The SMILES string of the molecule is CNc1nc([C@H]2CCCN(C(=O)c3cc(C4CCCCC4)no3)C2)nc2c1CCN(C)C2. The zero-order valence-corrected chi connectivity index (χ0v) is 19.3. The lowest BCUT2D eigenvalue weighted by molar-refractivity contribution is 0.0662. The van der Waals surface area contributed by atoms with Gasteiger partial charge in [-0.25, -0.2) is 9.97 Å². The van der Waals surface area contributed by atoms with E-state index in [1.54, 1.807) is 0 Å². The van der Waals surface area contributed by atoms with Crippen molar-refractivity contribution < 1.29 is 9.32 Å². The molecule has 2 aromatic heterocycles. The number of aromatic nitrogens is 3. The molecule has 2 aliphatic heterocycles. The van der Waals surface area contributed by atoms with Crippen molar-refractivity contribution in [2.24, 2.45) is 0 Å². The van der Waals surface area contributed by atoms with Gasteiger partial charge in [0.05, 0.1) is 11.4 Å². The Balaban J connectivity index is 1.32. The van der Waals surface area contributed by atoms with Gasteiger partial charge in [0.15, 0.2) is 0 Å². The van der Waals surface area contributed by atoms with Gasteiger partial charge in [0.25, 0.3) is 5.91 Å². The number of nitrogens with one attached hydrogen (secondary N) is 1. The van der Waals surface area contributed by atoms with Crippen LogP contribution in [0.25, 0.3) is 0 Å². The number of hydrogen-bond acceptors (Lipinski definition) is 7. The van der Waals surface area contributed by atoms with Crippen molar-refractivity contribution in [1.82, 2.24) is 24.9 Å². The van der Waals surface area contributed by atoms with E-state index in [0.29, 0.717) is 18.2 Å². The third-order valence-electron chi connectivity index (χ3n) is 7.35. The summed E-state index contributed by atoms with van der Waals surface area (Å²) in [4.78, 5) is 27.2. The molecule has 0 bridgehead atoms. The lowest BCUT2D eigenvalue weighted by atomic mass is 9.87. The molecule has 8 nitrogen and oxygen atoms in total. The van der Waals surface area contributed by atoms with Crippen molar-refractivity contribution >= 4 is 11.7 Å². The number of likely N-dealkylation sites (tertiary alicyclic amines) is 1. The van der Waals surface area contributed by atoms with Crippen LogP contribution in [0, 0.1) is 0 Å². The molecule has 2 fully saturated rings. The lowest BCUT2D eigenvalue weighted by Gasteiger charge is -2.32. The predicted molar refractivity (Wildman–Crippen MR) is 122 cm³/mol. The highest BCUT2D eigenvalue weighted by molar-refractivity contribution is 5.91. The molecule has 4 heterocycles. The Hall–Kier alpha value is -2.48. The van der Waals surface area contributed by atoms with Gasteiger partial charge in [-0.2, -0.15) is 0 Å². The van der Waals surface area contributed by atoms with Crippen LogP contribution in [0.15, 0.2) is 10.6 Å². The molecule has 1 N–H and O–H groups in total. The molecule has 0 aromatic carbocycles. The monoisotopic (exact) mass is 438 g/mol. The Morgan fingerprint density at radius 3 is 2.72 bits per heavy atom. The molecule has 3 aliphatic rings. The van der Waals surface area contributed by atoms with Gasteiger partial charge < -0.3 is 19.6 Å². The molecule has 0 radical (unpaired) electrons. The van der Waals surface area contributed by atoms with Gasteiger partial charge in [0.1, 0.15) is 11.6 Å². The largest absolute Gasteiger partial charge is 0.373 e. The molecule has 1 amide bonds. The number of piperidine rings is 1. The maximum Gasteiger partial charge on any atom is 0.292 e. The third-order valence-corrected chi connectivity index (χ3v) is 7.35. The maximum absolute atomic E-state index is 13.2. The summed E-state index contributed by atoms with van der Waals surface area (Å²) in [6.45, 7) is 3.23. The van der Waals surface area contributed by atoms with Gasteiger partial charge in [-0.1, -0.05) is 24.4 Å². The number of nitrogens with zero attached hydrogens (tertiary/aromatic N) is 5. The molecule has 5 rings (SSSR count). The second kappa shape index (κ2) is 9.17. The molecule has 1 atom stereocenters. The van der Waals surface area contributed by atoms with Gasteiger partial charge in [-0.05, 0) is 39.2 Å². The molecule has 32 heavy (non-hydrogen) atoms. The highest BCUT2D eigenvalue weighted by Gasteiger charge is 2.31. The van der Waals surface area contributed by atoms with Crippen LogP contribution < -0.4 is 5.32 Å². The fourth-order valence-corrected chi connectivity index (χ4v) is 5.48. The van der Waals surface area contributed by atoms with Crippen molar-refractivity contribution in [2.45, 2.75) is 69.7 Å². The summed E-state index contributed by atoms with van der Waals surface area (Å²) in [5, 5.41) is 7.52. The molecule has 1 saturated carbocycles. The third kappa shape index (κ3) is 4.25. The van der Waals surface area contributed by atoms with Crippen LogP contribution in [0.2, 0.25) is 0 Å². The highest BCUT2D eigenvalue weighted by atomic mass is 16.5. The smallest absolute Gasteiger partial charge is 0.292 e. The number of anilines is 1. The van der Waals surface area contributed by atoms with E-state index >= 15 is 0 Å². The van der Waals surface area contributed by atoms with Crippen LogP contribution in [0.4, 0.5) is 5.82 Å². The molecular weight excluding hydrogens is 404 g/mol. The van der Waals surface area contributed by atoms with Gasteiger partial charge >= 0.3 is 0 Å². The zero-order valence-electron chi connectivity index (χ0n) is 19.3. The summed E-state index contributed by atoms with van der Waals surface area (Å²) < 4.78 is 5.51. The summed E-state index contributed by atoms with van der Waals surface area (Å²) in [6, 6.07) is 1.88. The molecule has 0 unspecified atom stereocenters. The number of hydrogen-bond donors (Lipinski definition) is 1. The van der Waals surface area contributed by atoms with Crippen LogP contribution in [-0.4, -0.2) is 64.6 Å². The average molecular weight is 439 g/mol. The molecule has 8 heteroatoms. The van der Waals surface area contributed by atoms with Gasteiger partial charge in [-0.15, -0.1) is 0 Å².